The van der Waals surface area contributed by atoms with E-state index in [0.29, 0.717) is 18.9 Å². The van der Waals surface area contributed by atoms with E-state index in [2.05, 4.69) is 5.32 Å². The molecule has 0 aromatic carbocycles. The molecule has 1 aliphatic carbocycles. The predicted octanol–water partition coefficient (Wildman–Crippen LogP) is 3.17. The van der Waals surface area contributed by atoms with Crippen LogP contribution >= 0.6 is 0 Å². The van der Waals surface area contributed by atoms with Gasteiger partial charge in [0, 0.05) is 13.2 Å². The van der Waals surface area contributed by atoms with Crippen LogP contribution in [0.15, 0.2) is 0 Å². The highest BCUT2D eigenvalue weighted by molar-refractivity contribution is 5.90. The molecule has 6 heteroatoms. The number of nitrogens with two attached hydrogens (primary N) is 1. The first-order valence-corrected chi connectivity index (χ1v) is 10.1. The highest BCUT2D eigenvalue weighted by atomic mass is 16.6. The van der Waals surface area contributed by atoms with Crippen molar-refractivity contribution in [1.82, 2.24) is 5.32 Å². The van der Waals surface area contributed by atoms with Gasteiger partial charge in [0.15, 0.2) is 11.9 Å². The fourth-order valence-electron chi connectivity index (χ4n) is 4.16. The summed E-state index contributed by atoms with van der Waals surface area (Å²) in [5.41, 5.74) is 4.98. The van der Waals surface area contributed by atoms with Gasteiger partial charge in [-0.25, -0.2) is 4.79 Å². The van der Waals surface area contributed by atoms with Gasteiger partial charge in [0.25, 0.3) is 0 Å². The SMILES string of the molecule is CC(C)(C)[C@H](NC[C@@H]1CCCO1)C(=O)C(CC1CCCCC1)OC(N)=O. The van der Waals surface area contributed by atoms with Gasteiger partial charge in [-0.05, 0) is 30.6 Å². The number of Topliss-reactive ketones (excluding diaryl/α,β-unsaturated/α-hetero) is 1. The topological polar surface area (TPSA) is 90.7 Å². The predicted molar refractivity (Wildman–Crippen MR) is 101 cm³/mol. The van der Waals surface area contributed by atoms with Crippen molar-refractivity contribution < 1.29 is 19.1 Å². The zero-order chi connectivity index (χ0) is 19.2. The minimum absolute atomic E-state index is 0.0696. The van der Waals surface area contributed by atoms with E-state index in [1.807, 2.05) is 20.8 Å². The molecule has 0 radical (unpaired) electrons. The smallest absolute Gasteiger partial charge is 0.405 e. The van der Waals surface area contributed by atoms with Gasteiger partial charge in [-0.3, -0.25) is 4.79 Å². The van der Waals surface area contributed by atoms with Gasteiger partial charge < -0.3 is 20.5 Å². The fraction of sp³-hybridized carbons (Fsp3) is 0.900. The van der Waals surface area contributed by atoms with Crippen molar-refractivity contribution in [2.45, 2.75) is 90.4 Å². The molecule has 2 aliphatic rings. The summed E-state index contributed by atoms with van der Waals surface area (Å²) in [7, 11) is 0. The summed E-state index contributed by atoms with van der Waals surface area (Å²) in [6, 6.07) is -0.403. The van der Waals surface area contributed by atoms with Gasteiger partial charge in [-0.2, -0.15) is 0 Å². The lowest BCUT2D eigenvalue weighted by molar-refractivity contribution is -0.133. The average molecular weight is 369 g/mol. The van der Waals surface area contributed by atoms with Crippen molar-refractivity contribution in [3.05, 3.63) is 0 Å². The van der Waals surface area contributed by atoms with Gasteiger partial charge in [-0.15, -0.1) is 0 Å². The summed E-state index contributed by atoms with van der Waals surface area (Å²) in [5.74, 6) is 0.357. The van der Waals surface area contributed by atoms with E-state index >= 15 is 0 Å². The van der Waals surface area contributed by atoms with Crippen LogP contribution in [0.2, 0.25) is 0 Å². The number of primary amides is 1. The van der Waals surface area contributed by atoms with Gasteiger partial charge in [-0.1, -0.05) is 52.9 Å². The molecule has 2 fully saturated rings. The van der Waals surface area contributed by atoms with Crippen molar-refractivity contribution in [3.63, 3.8) is 0 Å². The number of carbonyl (C=O) groups is 2. The van der Waals surface area contributed by atoms with Crippen molar-refractivity contribution in [3.8, 4) is 0 Å². The summed E-state index contributed by atoms with van der Waals surface area (Å²) in [4.78, 5) is 24.7. The Morgan fingerprint density at radius 2 is 1.85 bits per heavy atom. The molecule has 1 aliphatic heterocycles. The third-order valence-electron chi connectivity index (χ3n) is 5.57. The molecule has 1 saturated carbocycles. The molecular weight excluding hydrogens is 332 g/mol. The zero-order valence-electron chi connectivity index (χ0n) is 16.6. The molecule has 1 saturated heterocycles. The van der Waals surface area contributed by atoms with Crippen LogP contribution in [0.1, 0.15) is 72.1 Å². The minimum Gasteiger partial charge on any atom is -0.438 e. The molecule has 26 heavy (non-hydrogen) atoms. The standard InChI is InChI=1S/C20H36N2O4/c1-20(2,3)18(22-13-15-10-7-11-25-15)17(23)16(26-19(21)24)12-14-8-5-4-6-9-14/h14-16,18,22H,4-13H2,1-3H3,(H2,21,24)/t15-,16?,18+/m0/s1. The Balaban J connectivity index is 2.04. The highest BCUT2D eigenvalue weighted by Crippen LogP contribution is 2.30. The maximum atomic E-state index is 13.3. The number of hydrogen-bond donors (Lipinski definition) is 2. The number of nitrogens with one attached hydrogen (secondary N) is 1. The van der Waals surface area contributed by atoms with E-state index in [4.69, 9.17) is 15.2 Å². The summed E-state index contributed by atoms with van der Waals surface area (Å²) >= 11 is 0. The lowest BCUT2D eigenvalue weighted by atomic mass is 9.79. The lowest BCUT2D eigenvalue weighted by Crippen LogP contribution is -2.53. The minimum atomic E-state index is -0.869. The molecule has 1 amide bonds. The maximum Gasteiger partial charge on any atom is 0.405 e. The Morgan fingerprint density at radius 1 is 1.15 bits per heavy atom. The van der Waals surface area contributed by atoms with E-state index in [1.165, 1.54) is 19.3 Å². The van der Waals surface area contributed by atoms with Gasteiger partial charge in [0.05, 0.1) is 12.1 Å². The third kappa shape index (κ3) is 6.54. The molecule has 0 spiro atoms. The lowest BCUT2D eigenvalue weighted by Gasteiger charge is -2.34. The Hall–Kier alpha value is -1.14. The highest BCUT2D eigenvalue weighted by Gasteiger charge is 2.38. The number of rotatable bonds is 8. The molecule has 0 aromatic rings. The molecular formula is C20H36N2O4. The van der Waals surface area contributed by atoms with E-state index in [0.717, 1.165) is 32.3 Å². The number of ether oxygens (including phenoxy) is 2. The summed E-state index contributed by atoms with van der Waals surface area (Å²) < 4.78 is 10.9. The molecule has 1 unspecified atom stereocenters. The van der Waals surface area contributed by atoms with Crippen LogP contribution in [0.4, 0.5) is 4.79 Å². The average Bonchev–Trinajstić information content (AvgIpc) is 3.07. The number of amides is 1. The third-order valence-corrected chi connectivity index (χ3v) is 5.57. The number of carbonyl (C=O) groups excluding carboxylic acids is 2. The van der Waals surface area contributed by atoms with Crippen LogP contribution in [0, 0.1) is 11.3 Å². The first-order valence-electron chi connectivity index (χ1n) is 10.1. The fourth-order valence-corrected chi connectivity index (χ4v) is 4.16. The first-order chi connectivity index (χ1) is 12.3. The van der Waals surface area contributed by atoms with Crippen LogP contribution in [0.3, 0.4) is 0 Å². The van der Waals surface area contributed by atoms with E-state index in [9.17, 15) is 9.59 Å². The normalized spacial score (nSPS) is 24.2. The molecule has 0 aromatic heterocycles. The summed E-state index contributed by atoms with van der Waals surface area (Å²) in [6.07, 6.45) is 6.98. The largest absolute Gasteiger partial charge is 0.438 e. The monoisotopic (exact) mass is 368 g/mol. The second-order valence-electron chi connectivity index (χ2n) is 8.91. The Labute approximate surface area is 157 Å². The summed E-state index contributed by atoms with van der Waals surface area (Å²) in [5, 5.41) is 3.39. The second-order valence-corrected chi connectivity index (χ2v) is 8.91. The Kier molecular flexibility index (Phi) is 7.89. The van der Waals surface area contributed by atoms with Crippen molar-refractivity contribution >= 4 is 11.9 Å². The number of ketones is 1. The van der Waals surface area contributed by atoms with Crippen molar-refractivity contribution in [2.24, 2.45) is 17.1 Å². The van der Waals surface area contributed by atoms with Crippen LogP contribution in [-0.2, 0) is 14.3 Å². The van der Waals surface area contributed by atoms with Crippen LogP contribution in [0.5, 0.6) is 0 Å². The second kappa shape index (κ2) is 9.70. The molecule has 3 atom stereocenters. The number of hydrogen-bond acceptors (Lipinski definition) is 5. The van der Waals surface area contributed by atoms with Crippen LogP contribution in [-0.4, -0.2) is 43.3 Å². The van der Waals surface area contributed by atoms with Gasteiger partial charge in [0.1, 0.15) is 0 Å². The molecule has 150 valence electrons. The van der Waals surface area contributed by atoms with E-state index in [-0.39, 0.29) is 17.3 Å². The van der Waals surface area contributed by atoms with Gasteiger partial charge >= 0.3 is 6.09 Å². The molecule has 0 bridgehead atoms. The first kappa shape index (κ1) is 21.2. The molecule has 3 N–H and O–H groups in total. The zero-order valence-corrected chi connectivity index (χ0v) is 16.6. The molecule has 2 rings (SSSR count). The van der Waals surface area contributed by atoms with E-state index in [1.54, 1.807) is 0 Å². The quantitative estimate of drug-likeness (QED) is 0.687. The van der Waals surface area contributed by atoms with E-state index < -0.39 is 18.2 Å². The molecule has 1 heterocycles. The van der Waals surface area contributed by atoms with Crippen molar-refractivity contribution in [2.75, 3.05) is 13.2 Å². The Bertz CT molecular complexity index is 463. The maximum absolute atomic E-state index is 13.3. The molecule has 6 nitrogen and oxygen atoms in total. The van der Waals surface area contributed by atoms with Gasteiger partial charge in [0.2, 0.25) is 0 Å². The van der Waals surface area contributed by atoms with Crippen LogP contribution in [0.25, 0.3) is 0 Å². The van der Waals surface area contributed by atoms with Crippen LogP contribution < -0.4 is 11.1 Å². The Morgan fingerprint density at radius 3 is 2.38 bits per heavy atom. The van der Waals surface area contributed by atoms with Crippen molar-refractivity contribution in [1.29, 1.82) is 0 Å². The summed E-state index contributed by atoms with van der Waals surface area (Å²) in [6.45, 7) is 7.51.